The van der Waals surface area contributed by atoms with Gasteiger partial charge in [-0.25, -0.2) is 22.7 Å². The van der Waals surface area contributed by atoms with E-state index in [-0.39, 0.29) is 30.2 Å². The largest absolute Gasteiger partial charge is 0.419 e. The van der Waals surface area contributed by atoms with Gasteiger partial charge in [-0.3, -0.25) is 4.79 Å². The first-order valence-electron chi connectivity index (χ1n) is 7.67. The zero-order chi connectivity index (χ0) is 18.0. The van der Waals surface area contributed by atoms with Gasteiger partial charge in [0, 0.05) is 38.3 Å². The highest BCUT2D eigenvalue weighted by atomic mass is 32.2. The van der Waals surface area contributed by atoms with Crippen molar-refractivity contribution in [3.63, 3.8) is 0 Å². The average Bonchev–Trinajstić information content (AvgIpc) is 3.22. The Bertz CT molecular complexity index is 864. The van der Waals surface area contributed by atoms with Crippen molar-refractivity contribution in [1.82, 2.24) is 29.8 Å². The average molecular weight is 366 g/mol. The molecule has 2 aromatic rings. The summed E-state index contributed by atoms with van der Waals surface area (Å²) in [4.78, 5) is 19.5. The molecule has 0 bridgehead atoms. The van der Waals surface area contributed by atoms with Crippen molar-refractivity contribution in [2.24, 2.45) is 0 Å². The number of amides is 1. The molecular formula is C14H18N6O4S. The van der Waals surface area contributed by atoms with Crippen molar-refractivity contribution in [2.45, 2.75) is 25.8 Å². The van der Waals surface area contributed by atoms with E-state index in [1.807, 2.05) is 0 Å². The van der Waals surface area contributed by atoms with E-state index in [4.69, 9.17) is 4.42 Å². The first kappa shape index (κ1) is 17.4. The van der Waals surface area contributed by atoms with Crippen LogP contribution in [0.5, 0.6) is 0 Å². The number of hydrogen-bond acceptors (Lipinski definition) is 8. The minimum atomic E-state index is -3.19. The number of rotatable bonds is 5. The normalized spacial score (nSPS) is 18.4. The van der Waals surface area contributed by atoms with Gasteiger partial charge in [0.2, 0.25) is 21.8 Å². The highest BCUT2D eigenvalue weighted by Crippen LogP contribution is 2.26. The lowest BCUT2D eigenvalue weighted by molar-refractivity contribution is -0.119. The third-order valence-corrected chi connectivity index (χ3v) is 5.13. The fourth-order valence-electron chi connectivity index (χ4n) is 2.54. The van der Waals surface area contributed by atoms with Crippen molar-refractivity contribution in [1.29, 1.82) is 0 Å². The van der Waals surface area contributed by atoms with Crippen LogP contribution < -0.4 is 5.32 Å². The Morgan fingerprint density at radius 3 is 2.68 bits per heavy atom. The van der Waals surface area contributed by atoms with Gasteiger partial charge in [-0.2, -0.15) is 0 Å². The summed E-state index contributed by atoms with van der Waals surface area (Å²) in [6.07, 6.45) is 5.03. The fourth-order valence-corrected chi connectivity index (χ4v) is 3.43. The molecule has 1 unspecified atom stereocenters. The molecule has 0 aromatic carbocycles. The van der Waals surface area contributed by atoms with E-state index in [1.165, 1.54) is 17.5 Å². The quantitative estimate of drug-likeness (QED) is 0.777. The van der Waals surface area contributed by atoms with Gasteiger partial charge >= 0.3 is 0 Å². The van der Waals surface area contributed by atoms with Gasteiger partial charge in [0.05, 0.1) is 18.4 Å². The summed E-state index contributed by atoms with van der Waals surface area (Å²) in [5.74, 6) is 0.923. The first-order chi connectivity index (χ1) is 11.8. The molecule has 10 nitrogen and oxygen atoms in total. The molecule has 1 aliphatic heterocycles. The predicted molar refractivity (Wildman–Crippen MR) is 86.6 cm³/mol. The molecular weight excluding hydrogens is 348 g/mol. The standard InChI is InChI=1S/C14H18N6O4S/c1-9(21)15-7-12-18-19-14(24-12)11-5-16-13(17-6-11)10-3-4-20(8-10)25(2,22)23/h5-6,10H,3-4,7-8H2,1-2H3,(H,15,21). The number of carbonyl (C=O) groups is 1. The summed E-state index contributed by atoms with van der Waals surface area (Å²) in [6.45, 7) is 2.42. The molecule has 2 aromatic heterocycles. The van der Waals surface area contributed by atoms with Gasteiger partial charge in [0.1, 0.15) is 5.82 Å². The van der Waals surface area contributed by atoms with Crippen LogP contribution in [-0.2, 0) is 21.4 Å². The Morgan fingerprint density at radius 1 is 1.36 bits per heavy atom. The summed E-state index contributed by atoms with van der Waals surface area (Å²) >= 11 is 0. The van der Waals surface area contributed by atoms with Crippen molar-refractivity contribution in [3.8, 4) is 11.5 Å². The van der Waals surface area contributed by atoms with Gasteiger partial charge in [0.25, 0.3) is 5.89 Å². The number of nitrogens with one attached hydrogen (secondary N) is 1. The third-order valence-electron chi connectivity index (χ3n) is 3.86. The molecule has 1 saturated heterocycles. The summed E-state index contributed by atoms with van der Waals surface area (Å²) in [5.41, 5.74) is 0.559. The minimum Gasteiger partial charge on any atom is -0.419 e. The van der Waals surface area contributed by atoms with Crippen LogP contribution in [0.1, 0.15) is 31.0 Å². The first-order valence-corrected chi connectivity index (χ1v) is 9.52. The fraction of sp³-hybridized carbons (Fsp3) is 0.500. The smallest absolute Gasteiger partial charge is 0.250 e. The number of nitrogens with zero attached hydrogens (tertiary/aromatic N) is 5. The topological polar surface area (TPSA) is 131 Å². The highest BCUT2D eigenvalue weighted by molar-refractivity contribution is 7.88. The zero-order valence-electron chi connectivity index (χ0n) is 13.8. The zero-order valence-corrected chi connectivity index (χ0v) is 14.7. The maximum Gasteiger partial charge on any atom is 0.250 e. The molecule has 25 heavy (non-hydrogen) atoms. The Balaban J connectivity index is 1.68. The summed E-state index contributed by atoms with van der Waals surface area (Å²) in [7, 11) is -3.19. The molecule has 0 spiro atoms. The maximum absolute atomic E-state index is 11.6. The minimum absolute atomic E-state index is 0.0261. The molecule has 0 saturated carbocycles. The van der Waals surface area contributed by atoms with Crippen LogP contribution in [0.3, 0.4) is 0 Å². The van der Waals surface area contributed by atoms with Crippen LogP contribution in [0.25, 0.3) is 11.5 Å². The number of aromatic nitrogens is 4. The molecule has 0 radical (unpaired) electrons. The lowest BCUT2D eigenvalue weighted by Gasteiger charge is -2.12. The molecule has 11 heteroatoms. The van der Waals surface area contributed by atoms with Gasteiger partial charge in [-0.05, 0) is 6.42 Å². The number of sulfonamides is 1. The van der Waals surface area contributed by atoms with Crippen molar-refractivity contribution in [3.05, 3.63) is 24.1 Å². The monoisotopic (exact) mass is 366 g/mol. The lowest BCUT2D eigenvalue weighted by Crippen LogP contribution is -2.27. The van der Waals surface area contributed by atoms with Crippen LogP contribution in [0, 0.1) is 0 Å². The van der Waals surface area contributed by atoms with Crippen LogP contribution in [-0.4, -0.2) is 58.1 Å². The lowest BCUT2D eigenvalue weighted by atomic mass is 10.1. The highest BCUT2D eigenvalue weighted by Gasteiger charge is 2.31. The van der Waals surface area contributed by atoms with E-state index in [2.05, 4.69) is 25.5 Å². The Labute approximate surface area is 144 Å². The predicted octanol–water partition coefficient (Wildman–Crippen LogP) is -0.0884. The van der Waals surface area contributed by atoms with Crippen LogP contribution >= 0.6 is 0 Å². The van der Waals surface area contributed by atoms with Crippen LogP contribution in [0.4, 0.5) is 0 Å². The molecule has 1 aliphatic rings. The van der Waals surface area contributed by atoms with E-state index >= 15 is 0 Å². The molecule has 1 atom stereocenters. The van der Waals surface area contributed by atoms with Crippen molar-refractivity contribution in [2.75, 3.05) is 19.3 Å². The second-order valence-electron chi connectivity index (χ2n) is 5.85. The van der Waals surface area contributed by atoms with Gasteiger partial charge in [0.15, 0.2) is 0 Å². The van der Waals surface area contributed by atoms with Crippen molar-refractivity contribution < 1.29 is 17.6 Å². The molecule has 134 valence electrons. The molecule has 1 N–H and O–H groups in total. The molecule has 1 fully saturated rings. The van der Waals surface area contributed by atoms with Gasteiger partial charge in [-0.15, -0.1) is 10.2 Å². The van der Waals surface area contributed by atoms with Crippen LogP contribution in [0.2, 0.25) is 0 Å². The number of hydrogen-bond donors (Lipinski definition) is 1. The second-order valence-corrected chi connectivity index (χ2v) is 7.83. The summed E-state index contributed by atoms with van der Waals surface area (Å²) in [5, 5.41) is 10.3. The summed E-state index contributed by atoms with van der Waals surface area (Å²) < 4.78 is 30.0. The number of carbonyl (C=O) groups excluding carboxylic acids is 1. The molecule has 3 heterocycles. The Hall–Kier alpha value is -2.40. The molecule has 1 amide bonds. The van der Waals surface area contributed by atoms with E-state index in [0.29, 0.717) is 30.9 Å². The van der Waals surface area contributed by atoms with E-state index in [9.17, 15) is 13.2 Å². The van der Waals surface area contributed by atoms with Gasteiger partial charge < -0.3 is 9.73 Å². The van der Waals surface area contributed by atoms with E-state index in [0.717, 1.165) is 0 Å². The maximum atomic E-state index is 11.6. The van der Waals surface area contributed by atoms with Crippen molar-refractivity contribution >= 4 is 15.9 Å². The molecule has 0 aliphatic carbocycles. The van der Waals surface area contributed by atoms with E-state index in [1.54, 1.807) is 12.4 Å². The Kier molecular flexibility index (Phi) is 4.77. The van der Waals surface area contributed by atoms with Crippen LogP contribution in [0.15, 0.2) is 16.8 Å². The Morgan fingerprint density at radius 2 is 2.08 bits per heavy atom. The van der Waals surface area contributed by atoms with E-state index < -0.39 is 10.0 Å². The third kappa shape index (κ3) is 4.17. The molecule has 3 rings (SSSR count). The van der Waals surface area contributed by atoms with Gasteiger partial charge in [-0.1, -0.05) is 0 Å². The SMILES string of the molecule is CC(=O)NCc1nnc(-c2cnc(C3CCN(S(C)(=O)=O)C3)nc2)o1. The summed E-state index contributed by atoms with van der Waals surface area (Å²) in [6, 6.07) is 0. The second kappa shape index (κ2) is 6.84.